The number of nitrogens with zero attached hydrogens (tertiary/aromatic N) is 3. The number of hydrogen-bond donors (Lipinski definition) is 1. The number of carbonyl (C=O) groups excluding carboxylic acids is 2. The largest absolute Gasteiger partial charge is 0.349 e. The van der Waals surface area contributed by atoms with E-state index in [1.165, 1.54) is 5.56 Å². The summed E-state index contributed by atoms with van der Waals surface area (Å²) in [6.07, 6.45) is 0. The summed E-state index contributed by atoms with van der Waals surface area (Å²) < 4.78 is 1.68. The molecule has 2 amide bonds. The van der Waals surface area contributed by atoms with Crippen molar-refractivity contribution in [1.82, 2.24) is 15.1 Å². The van der Waals surface area contributed by atoms with Gasteiger partial charge in [0, 0.05) is 11.2 Å². The molecule has 1 aromatic carbocycles. The number of thiophene rings is 1. The predicted octanol–water partition coefficient (Wildman–Crippen LogP) is 5.07. The van der Waals surface area contributed by atoms with E-state index in [-0.39, 0.29) is 18.4 Å². The zero-order chi connectivity index (χ0) is 23.3. The van der Waals surface area contributed by atoms with E-state index < -0.39 is 11.1 Å². The molecule has 32 heavy (non-hydrogen) atoms. The molecule has 0 aliphatic carbocycles. The summed E-state index contributed by atoms with van der Waals surface area (Å²) >= 11 is 1.58. The third-order valence-corrected chi connectivity index (χ3v) is 6.61. The Morgan fingerprint density at radius 1 is 1.19 bits per heavy atom. The Morgan fingerprint density at radius 2 is 1.88 bits per heavy atom. The molecule has 0 saturated carbocycles. The van der Waals surface area contributed by atoms with Gasteiger partial charge in [-0.1, -0.05) is 32.0 Å². The third-order valence-electron chi connectivity index (χ3n) is 5.72. The van der Waals surface area contributed by atoms with Crippen molar-refractivity contribution in [2.45, 2.75) is 65.1 Å². The van der Waals surface area contributed by atoms with Gasteiger partial charge in [-0.05, 0) is 68.8 Å². The van der Waals surface area contributed by atoms with Gasteiger partial charge in [-0.15, -0.1) is 11.3 Å². The van der Waals surface area contributed by atoms with Crippen LogP contribution < -0.4 is 10.2 Å². The Morgan fingerprint density at radius 3 is 2.44 bits per heavy atom. The van der Waals surface area contributed by atoms with Gasteiger partial charge in [-0.3, -0.25) is 19.2 Å². The SMILES string of the molecule is CC(C)c1ccc(N2C(=O)c3cc(-c4cccs4)nn3CC2(C)C(=O)NC(C)(C)C)cc1. The number of hydrogen-bond acceptors (Lipinski definition) is 4. The first kappa shape index (κ1) is 22.3. The van der Waals surface area contributed by atoms with E-state index in [2.05, 4.69) is 24.3 Å². The van der Waals surface area contributed by atoms with Crippen LogP contribution in [0.5, 0.6) is 0 Å². The quantitative estimate of drug-likeness (QED) is 0.603. The molecule has 7 heteroatoms. The first-order valence-electron chi connectivity index (χ1n) is 10.9. The fourth-order valence-electron chi connectivity index (χ4n) is 4.01. The molecule has 6 nitrogen and oxygen atoms in total. The summed E-state index contributed by atoms with van der Waals surface area (Å²) in [5, 5.41) is 9.74. The Bertz CT molecular complexity index is 1140. The lowest BCUT2D eigenvalue weighted by atomic mass is 9.92. The normalized spacial score (nSPS) is 18.7. The van der Waals surface area contributed by atoms with Crippen LogP contribution in [0.25, 0.3) is 10.6 Å². The van der Waals surface area contributed by atoms with Crippen LogP contribution in [0.4, 0.5) is 5.69 Å². The van der Waals surface area contributed by atoms with Crippen LogP contribution in [0, 0.1) is 0 Å². The Hall–Kier alpha value is -2.93. The van der Waals surface area contributed by atoms with Crippen LogP contribution in [-0.2, 0) is 11.3 Å². The Balaban J connectivity index is 1.82. The highest BCUT2D eigenvalue weighted by atomic mass is 32.1. The van der Waals surface area contributed by atoms with Crippen molar-refractivity contribution >= 4 is 28.8 Å². The smallest absolute Gasteiger partial charge is 0.277 e. The van der Waals surface area contributed by atoms with Gasteiger partial charge in [0.05, 0.1) is 11.4 Å². The van der Waals surface area contributed by atoms with Crippen molar-refractivity contribution in [3.63, 3.8) is 0 Å². The first-order chi connectivity index (χ1) is 15.0. The van der Waals surface area contributed by atoms with E-state index in [4.69, 9.17) is 0 Å². The van der Waals surface area contributed by atoms with Crippen LogP contribution in [0.2, 0.25) is 0 Å². The summed E-state index contributed by atoms with van der Waals surface area (Å²) in [4.78, 5) is 30.0. The molecule has 1 aliphatic rings. The van der Waals surface area contributed by atoms with Crippen molar-refractivity contribution in [1.29, 1.82) is 0 Å². The minimum absolute atomic E-state index is 0.204. The third kappa shape index (κ3) is 3.97. The average Bonchev–Trinajstić information content (AvgIpc) is 3.36. The standard InChI is InChI=1S/C25H30N4O2S/c1-16(2)17-9-11-18(12-10-17)29-22(30)20-14-19(21-8-7-13-32-21)27-28(20)15-25(29,6)23(31)26-24(3,4)5/h7-14,16H,15H2,1-6H3,(H,26,31). The monoisotopic (exact) mass is 450 g/mol. The number of benzene rings is 1. The van der Waals surface area contributed by atoms with Crippen molar-refractivity contribution < 1.29 is 9.59 Å². The molecule has 3 aromatic rings. The number of carbonyl (C=O) groups is 2. The maximum Gasteiger partial charge on any atom is 0.277 e. The van der Waals surface area contributed by atoms with Crippen LogP contribution >= 0.6 is 11.3 Å². The van der Waals surface area contributed by atoms with Gasteiger partial charge in [0.1, 0.15) is 16.9 Å². The first-order valence-corrected chi connectivity index (χ1v) is 11.8. The lowest BCUT2D eigenvalue weighted by molar-refractivity contribution is -0.128. The van der Waals surface area contributed by atoms with Crippen molar-refractivity contribution in [3.8, 4) is 10.6 Å². The van der Waals surface area contributed by atoms with E-state index in [0.717, 1.165) is 10.6 Å². The van der Waals surface area contributed by atoms with Crippen LogP contribution in [0.1, 0.15) is 63.5 Å². The van der Waals surface area contributed by atoms with Gasteiger partial charge in [-0.25, -0.2) is 0 Å². The van der Waals surface area contributed by atoms with Crippen molar-refractivity contribution in [3.05, 3.63) is 59.1 Å². The maximum atomic E-state index is 13.8. The minimum Gasteiger partial charge on any atom is -0.349 e. The molecule has 1 aliphatic heterocycles. The molecule has 1 N–H and O–H groups in total. The summed E-state index contributed by atoms with van der Waals surface area (Å²) in [6.45, 7) is 12.2. The number of aromatic nitrogens is 2. The van der Waals surface area contributed by atoms with Gasteiger partial charge < -0.3 is 5.32 Å². The second kappa shape index (κ2) is 7.89. The molecule has 0 saturated heterocycles. The van der Waals surface area contributed by atoms with Gasteiger partial charge in [-0.2, -0.15) is 5.10 Å². The van der Waals surface area contributed by atoms with Gasteiger partial charge in [0.15, 0.2) is 0 Å². The molecule has 0 bridgehead atoms. The molecule has 3 heterocycles. The highest BCUT2D eigenvalue weighted by molar-refractivity contribution is 7.13. The topological polar surface area (TPSA) is 67.2 Å². The number of anilines is 1. The molecular weight excluding hydrogens is 420 g/mol. The Labute approximate surface area is 193 Å². The number of amides is 2. The highest BCUT2D eigenvalue weighted by Gasteiger charge is 2.49. The average molecular weight is 451 g/mol. The molecule has 4 rings (SSSR count). The van der Waals surface area contributed by atoms with E-state index in [9.17, 15) is 9.59 Å². The second-order valence-corrected chi connectivity index (χ2v) is 10.9. The molecule has 0 radical (unpaired) electrons. The Kier molecular flexibility index (Phi) is 5.49. The lowest BCUT2D eigenvalue weighted by Gasteiger charge is -2.44. The van der Waals surface area contributed by atoms with Gasteiger partial charge in [0.2, 0.25) is 5.91 Å². The van der Waals surface area contributed by atoms with Crippen LogP contribution in [-0.4, -0.2) is 32.7 Å². The summed E-state index contributed by atoms with van der Waals surface area (Å²) in [7, 11) is 0. The van der Waals surface area contributed by atoms with Crippen LogP contribution in [0.3, 0.4) is 0 Å². The maximum absolute atomic E-state index is 13.8. The molecule has 1 atom stereocenters. The zero-order valence-corrected chi connectivity index (χ0v) is 20.3. The number of nitrogens with one attached hydrogen (secondary N) is 1. The number of fused-ring (bicyclic) bond motifs is 1. The van der Waals surface area contributed by atoms with Crippen LogP contribution in [0.15, 0.2) is 47.8 Å². The molecule has 168 valence electrons. The van der Waals surface area contributed by atoms with Crippen molar-refractivity contribution in [2.75, 3.05) is 4.90 Å². The number of rotatable bonds is 4. The summed E-state index contributed by atoms with van der Waals surface area (Å²) in [5.74, 6) is -0.0491. The van der Waals surface area contributed by atoms with E-state index >= 15 is 0 Å². The van der Waals surface area contributed by atoms with E-state index in [0.29, 0.717) is 17.3 Å². The minimum atomic E-state index is -1.13. The molecule has 0 spiro atoms. The van der Waals surface area contributed by atoms with E-state index in [1.807, 2.05) is 75.5 Å². The molecule has 2 aromatic heterocycles. The fraction of sp³-hybridized carbons (Fsp3) is 0.400. The van der Waals surface area contributed by atoms with Gasteiger partial charge >= 0.3 is 0 Å². The highest BCUT2D eigenvalue weighted by Crippen LogP contribution is 2.35. The summed E-state index contributed by atoms with van der Waals surface area (Å²) in [5.41, 5.74) is 1.57. The molecule has 1 unspecified atom stereocenters. The second-order valence-electron chi connectivity index (χ2n) is 9.91. The fourth-order valence-corrected chi connectivity index (χ4v) is 4.70. The predicted molar refractivity (Wildman–Crippen MR) is 129 cm³/mol. The van der Waals surface area contributed by atoms with Gasteiger partial charge in [0.25, 0.3) is 5.91 Å². The van der Waals surface area contributed by atoms with Crippen molar-refractivity contribution in [2.24, 2.45) is 0 Å². The summed E-state index contributed by atoms with van der Waals surface area (Å²) in [6, 6.07) is 13.7. The molecule has 0 fully saturated rings. The lowest BCUT2D eigenvalue weighted by Crippen LogP contribution is -2.66. The molecular formula is C25H30N4O2S. The zero-order valence-electron chi connectivity index (χ0n) is 19.5. The van der Waals surface area contributed by atoms with E-state index in [1.54, 1.807) is 20.9 Å².